The van der Waals surface area contributed by atoms with Gasteiger partial charge in [0.05, 0.1) is 11.2 Å². The van der Waals surface area contributed by atoms with E-state index in [-0.39, 0.29) is 17.6 Å². The van der Waals surface area contributed by atoms with Crippen LogP contribution in [0.25, 0.3) is 0 Å². The first-order valence-corrected chi connectivity index (χ1v) is 7.08. The van der Waals surface area contributed by atoms with E-state index >= 15 is 0 Å². The standard InChI is InChI=1S/C14H13FN2OS/c15-10-2-4-11(5-3-10)17-14(18)9-1-6-12-13(7-9)19-8-16-12/h2-5,8-9H,1,6-7H2,(H,17,18). The molecule has 0 bridgehead atoms. The maximum Gasteiger partial charge on any atom is 0.227 e. The van der Waals surface area contributed by atoms with Gasteiger partial charge in [-0.15, -0.1) is 11.3 Å². The summed E-state index contributed by atoms with van der Waals surface area (Å²) in [5.41, 5.74) is 3.61. The Morgan fingerprint density at radius 3 is 2.95 bits per heavy atom. The summed E-state index contributed by atoms with van der Waals surface area (Å²) in [5, 5.41) is 2.84. The molecule has 1 aromatic heterocycles. The number of halogens is 1. The summed E-state index contributed by atoms with van der Waals surface area (Å²) in [6.07, 6.45) is 2.44. The molecule has 19 heavy (non-hydrogen) atoms. The first-order valence-electron chi connectivity index (χ1n) is 6.20. The van der Waals surface area contributed by atoms with Gasteiger partial charge in [-0.25, -0.2) is 9.37 Å². The van der Waals surface area contributed by atoms with E-state index in [1.165, 1.54) is 17.0 Å². The third-order valence-electron chi connectivity index (χ3n) is 3.37. The first kappa shape index (κ1) is 12.3. The van der Waals surface area contributed by atoms with Gasteiger partial charge in [-0.05, 0) is 43.5 Å². The Kier molecular flexibility index (Phi) is 3.29. The minimum Gasteiger partial charge on any atom is -0.326 e. The second kappa shape index (κ2) is 5.09. The zero-order chi connectivity index (χ0) is 13.2. The monoisotopic (exact) mass is 276 g/mol. The van der Waals surface area contributed by atoms with Crippen LogP contribution in [-0.4, -0.2) is 10.9 Å². The van der Waals surface area contributed by atoms with Gasteiger partial charge >= 0.3 is 0 Å². The minimum absolute atomic E-state index is 0.00524. The van der Waals surface area contributed by atoms with E-state index < -0.39 is 0 Å². The fraction of sp³-hybridized carbons (Fsp3) is 0.286. The summed E-state index contributed by atoms with van der Waals surface area (Å²) in [6, 6.07) is 5.85. The average molecular weight is 276 g/mol. The summed E-state index contributed by atoms with van der Waals surface area (Å²) in [5.74, 6) is -0.311. The van der Waals surface area contributed by atoms with Crippen molar-refractivity contribution in [2.75, 3.05) is 5.32 Å². The average Bonchev–Trinajstić information content (AvgIpc) is 2.88. The van der Waals surface area contributed by atoms with E-state index in [2.05, 4.69) is 10.3 Å². The third kappa shape index (κ3) is 2.66. The normalized spacial score (nSPS) is 17.8. The molecule has 0 saturated heterocycles. The molecular formula is C14H13FN2OS. The lowest BCUT2D eigenvalue weighted by Gasteiger charge is -2.20. The van der Waals surface area contributed by atoms with Crippen molar-refractivity contribution in [3.05, 3.63) is 46.2 Å². The van der Waals surface area contributed by atoms with Crippen LogP contribution in [0.1, 0.15) is 17.0 Å². The predicted molar refractivity (Wildman–Crippen MR) is 72.7 cm³/mol. The first-order chi connectivity index (χ1) is 9.22. The third-order valence-corrected chi connectivity index (χ3v) is 4.27. The summed E-state index contributed by atoms with van der Waals surface area (Å²) in [7, 11) is 0. The molecule has 1 aliphatic rings. The molecule has 0 saturated carbocycles. The number of nitrogens with zero attached hydrogens (tertiary/aromatic N) is 1. The Morgan fingerprint density at radius 2 is 2.16 bits per heavy atom. The molecular weight excluding hydrogens is 263 g/mol. The van der Waals surface area contributed by atoms with E-state index in [9.17, 15) is 9.18 Å². The zero-order valence-electron chi connectivity index (χ0n) is 10.2. The number of aryl methyl sites for hydroxylation is 1. The highest BCUT2D eigenvalue weighted by molar-refractivity contribution is 7.09. The van der Waals surface area contributed by atoms with Crippen molar-refractivity contribution in [2.45, 2.75) is 19.3 Å². The van der Waals surface area contributed by atoms with Crippen molar-refractivity contribution < 1.29 is 9.18 Å². The molecule has 3 nitrogen and oxygen atoms in total. The highest BCUT2D eigenvalue weighted by Crippen LogP contribution is 2.28. The second-order valence-electron chi connectivity index (χ2n) is 4.66. The molecule has 1 aromatic carbocycles. The molecule has 1 heterocycles. The van der Waals surface area contributed by atoms with Gasteiger partial charge in [0.25, 0.3) is 0 Å². The van der Waals surface area contributed by atoms with Crippen molar-refractivity contribution >= 4 is 22.9 Å². The maximum absolute atomic E-state index is 12.8. The summed E-state index contributed by atoms with van der Waals surface area (Å²) in [4.78, 5) is 17.7. The van der Waals surface area contributed by atoms with E-state index in [0.717, 1.165) is 25.0 Å². The van der Waals surface area contributed by atoms with Crippen LogP contribution in [0.15, 0.2) is 29.8 Å². The fourth-order valence-electron chi connectivity index (χ4n) is 2.30. The zero-order valence-corrected chi connectivity index (χ0v) is 11.0. The topological polar surface area (TPSA) is 42.0 Å². The molecule has 1 atom stereocenters. The summed E-state index contributed by atoms with van der Waals surface area (Å²) < 4.78 is 12.8. The lowest BCUT2D eigenvalue weighted by Crippen LogP contribution is -2.27. The number of benzene rings is 1. The number of anilines is 1. The molecule has 1 amide bonds. The van der Waals surface area contributed by atoms with Gasteiger partial charge in [0.15, 0.2) is 0 Å². The smallest absolute Gasteiger partial charge is 0.227 e. The number of fused-ring (bicyclic) bond motifs is 1. The lowest BCUT2D eigenvalue weighted by atomic mass is 9.90. The van der Waals surface area contributed by atoms with Gasteiger partial charge in [0, 0.05) is 16.5 Å². The van der Waals surface area contributed by atoms with Gasteiger partial charge in [0.1, 0.15) is 5.82 Å². The van der Waals surface area contributed by atoms with Crippen molar-refractivity contribution in [1.29, 1.82) is 0 Å². The highest BCUT2D eigenvalue weighted by Gasteiger charge is 2.26. The number of nitrogens with one attached hydrogen (secondary N) is 1. The summed E-state index contributed by atoms with van der Waals surface area (Å²) in [6.45, 7) is 0. The number of amides is 1. The van der Waals surface area contributed by atoms with E-state index in [0.29, 0.717) is 5.69 Å². The molecule has 0 spiro atoms. The number of thiazole rings is 1. The molecule has 0 aliphatic heterocycles. The molecule has 5 heteroatoms. The molecule has 0 fully saturated rings. The largest absolute Gasteiger partial charge is 0.326 e. The Hall–Kier alpha value is -1.75. The number of rotatable bonds is 2. The lowest BCUT2D eigenvalue weighted by molar-refractivity contribution is -0.120. The molecule has 1 unspecified atom stereocenters. The molecule has 3 rings (SSSR count). The van der Waals surface area contributed by atoms with Gasteiger partial charge in [-0.3, -0.25) is 4.79 Å². The molecule has 1 aliphatic carbocycles. The maximum atomic E-state index is 12.8. The predicted octanol–water partition coefficient (Wildman–Crippen LogP) is 3.03. The van der Waals surface area contributed by atoms with Crippen LogP contribution in [-0.2, 0) is 17.6 Å². The van der Waals surface area contributed by atoms with Crippen molar-refractivity contribution in [1.82, 2.24) is 4.98 Å². The molecule has 98 valence electrons. The van der Waals surface area contributed by atoms with E-state index in [4.69, 9.17) is 0 Å². The summed E-state index contributed by atoms with van der Waals surface area (Å²) >= 11 is 1.61. The molecule has 0 radical (unpaired) electrons. The Morgan fingerprint density at radius 1 is 1.37 bits per heavy atom. The molecule has 1 N–H and O–H groups in total. The van der Waals surface area contributed by atoms with Crippen LogP contribution in [0.2, 0.25) is 0 Å². The van der Waals surface area contributed by atoms with Crippen molar-refractivity contribution in [3.8, 4) is 0 Å². The minimum atomic E-state index is -0.301. The number of carbonyl (C=O) groups is 1. The van der Waals surface area contributed by atoms with Gasteiger partial charge in [-0.2, -0.15) is 0 Å². The van der Waals surface area contributed by atoms with E-state index in [1.54, 1.807) is 23.5 Å². The van der Waals surface area contributed by atoms with Crippen LogP contribution >= 0.6 is 11.3 Å². The number of hydrogen-bond donors (Lipinski definition) is 1. The Balaban J connectivity index is 1.67. The van der Waals surface area contributed by atoms with Crippen LogP contribution in [0.3, 0.4) is 0 Å². The highest BCUT2D eigenvalue weighted by atomic mass is 32.1. The molecule has 2 aromatic rings. The quantitative estimate of drug-likeness (QED) is 0.916. The van der Waals surface area contributed by atoms with Crippen LogP contribution in [0.4, 0.5) is 10.1 Å². The number of hydrogen-bond acceptors (Lipinski definition) is 3. The SMILES string of the molecule is O=C(Nc1ccc(F)cc1)C1CCc2ncsc2C1. The van der Waals surface area contributed by atoms with Crippen LogP contribution < -0.4 is 5.32 Å². The van der Waals surface area contributed by atoms with Gasteiger partial charge in [0.2, 0.25) is 5.91 Å². The van der Waals surface area contributed by atoms with Gasteiger partial charge in [-0.1, -0.05) is 0 Å². The van der Waals surface area contributed by atoms with Crippen molar-refractivity contribution in [3.63, 3.8) is 0 Å². The van der Waals surface area contributed by atoms with Crippen molar-refractivity contribution in [2.24, 2.45) is 5.92 Å². The Bertz CT molecular complexity index is 594. The Labute approximate surface area is 114 Å². The van der Waals surface area contributed by atoms with Crippen LogP contribution in [0.5, 0.6) is 0 Å². The van der Waals surface area contributed by atoms with Gasteiger partial charge < -0.3 is 5.32 Å². The van der Waals surface area contributed by atoms with Crippen LogP contribution in [0, 0.1) is 11.7 Å². The van der Waals surface area contributed by atoms with E-state index in [1.807, 2.05) is 5.51 Å². The fourth-order valence-corrected chi connectivity index (χ4v) is 3.20. The second-order valence-corrected chi connectivity index (χ2v) is 5.60. The number of carbonyl (C=O) groups excluding carboxylic acids is 1. The number of aromatic nitrogens is 1.